The zero-order valence-corrected chi connectivity index (χ0v) is 36.8. The first kappa shape index (κ1) is 42.1. The van der Waals surface area contributed by atoms with Crippen molar-refractivity contribution in [3.63, 3.8) is 0 Å². The molecule has 57 heavy (non-hydrogen) atoms. The standard InChI is InChI=1S/C52H66O5/c1-49(2)27-29-51(5,6)45-41(49)33-43(53-9)39(47(45)55-11)23-21-35-13-17-37(18-14-35)25-31-57-32-26-38-19-15-36(16-20-38)22-24-40-44(54-10)34-42-46(48(40)56-12)52(7,8)30-28-50(42,3)4/h13-24,33-34H,25-32H2,1-12H3. The number of methoxy groups -OCH3 is 4. The van der Waals surface area contributed by atoms with Crippen molar-refractivity contribution in [2.75, 3.05) is 41.7 Å². The molecule has 0 bridgehead atoms. The Labute approximate surface area is 343 Å². The van der Waals surface area contributed by atoms with E-state index in [1.165, 1.54) is 33.4 Å². The van der Waals surface area contributed by atoms with Gasteiger partial charge in [0, 0.05) is 11.1 Å². The zero-order valence-electron chi connectivity index (χ0n) is 36.8. The molecule has 0 saturated carbocycles. The van der Waals surface area contributed by atoms with Crippen LogP contribution in [0.15, 0.2) is 60.7 Å². The molecule has 0 N–H and O–H groups in total. The summed E-state index contributed by atoms with van der Waals surface area (Å²) < 4.78 is 30.2. The van der Waals surface area contributed by atoms with Crippen LogP contribution in [0.5, 0.6) is 23.0 Å². The second kappa shape index (κ2) is 16.8. The molecule has 0 saturated heterocycles. The number of rotatable bonds is 14. The molecule has 0 amide bonds. The largest absolute Gasteiger partial charge is 0.496 e. The molecule has 0 spiro atoms. The molecular formula is C52H66O5. The van der Waals surface area contributed by atoms with Crippen LogP contribution in [-0.4, -0.2) is 41.7 Å². The number of benzene rings is 4. The van der Waals surface area contributed by atoms with Gasteiger partial charge in [-0.15, -0.1) is 0 Å². The molecule has 5 nitrogen and oxygen atoms in total. The normalized spacial score (nSPS) is 17.6. The van der Waals surface area contributed by atoms with Crippen molar-refractivity contribution in [3.05, 3.63) is 116 Å². The highest BCUT2D eigenvalue weighted by Crippen LogP contribution is 2.54. The highest BCUT2D eigenvalue weighted by molar-refractivity contribution is 5.80. The summed E-state index contributed by atoms with van der Waals surface area (Å²) in [6.07, 6.45) is 14.8. The lowest BCUT2D eigenvalue weighted by Crippen LogP contribution is -2.34. The monoisotopic (exact) mass is 770 g/mol. The van der Waals surface area contributed by atoms with Gasteiger partial charge < -0.3 is 23.7 Å². The predicted molar refractivity (Wildman–Crippen MR) is 239 cm³/mol. The maximum atomic E-state index is 6.13. The lowest BCUT2D eigenvalue weighted by atomic mass is 9.62. The molecule has 6 rings (SSSR count). The van der Waals surface area contributed by atoms with Crippen molar-refractivity contribution in [2.45, 2.75) is 116 Å². The molecule has 0 atom stereocenters. The average Bonchev–Trinajstić information content (AvgIpc) is 3.19. The Morgan fingerprint density at radius 3 is 1.14 bits per heavy atom. The van der Waals surface area contributed by atoms with Crippen molar-refractivity contribution in [1.29, 1.82) is 0 Å². The number of hydrogen-bond acceptors (Lipinski definition) is 5. The molecule has 0 fully saturated rings. The summed E-state index contributed by atoms with van der Waals surface area (Å²) in [4.78, 5) is 0. The van der Waals surface area contributed by atoms with Gasteiger partial charge in [-0.05, 0) is 118 Å². The molecule has 0 aliphatic heterocycles. The fourth-order valence-corrected chi connectivity index (χ4v) is 8.99. The van der Waals surface area contributed by atoms with E-state index in [4.69, 9.17) is 23.7 Å². The first-order chi connectivity index (χ1) is 27.0. The van der Waals surface area contributed by atoms with Gasteiger partial charge in [0.15, 0.2) is 0 Å². The van der Waals surface area contributed by atoms with Crippen molar-refractivity contribution in [2.24, 2.45) is 0 Å². The smallest absolute Gasteiger partial charge is 0.133 e. The maximum absolute atomic E-state index is 6.13. The van der Waals surface area contributed by atoms with E-state index >= 15 is 0 Å². The SMILES string of the molecule is COc1cc2c(c(OC)c1C=Cc1ccc(CCOCCc3ccc(C=Cc4c(OC)cc5c(c4OC)C(C)(C)CCC5(C)C)cc3)cc1)C(C)(C)CCC2(C)C. The first-order valence-electron chi connectivity index (χ1n) is 20.8. The van der Waals surface area contributed by atoms with Crippen LogP contribution in [0.3, 0.4) is 0 Å². The van der Waals surface area contributed by atoms with Crippen LogP contribution in [0.25, 0.3) is 24.3 Å². The summed E-state index contributed by atoms with van der Waals surface area (Å²) in [5.74, 6) is 3.56. The Bertz CT molecular complexity index is 1940. The fraction of sp³-hybridized carbons (Fsp3) is 0.462. The Morgan fingerprint density at radius 2 is 0.807 bits per heavy atom. The minimum atomic E-state index is 0.0285. The Balaban J connectivity index is 1.03. The quantitative estimate of drug-likeness (QED) is 0.0944. The number of ether oxygens (including phenoxy) is 5. The molecule has 2 aliphatic carbocycles. The summed E-state index contributed by atoms with van der Waals surface area (Å²) >= 11 is 0. The molecule has 2 aliphatic rings. The minimum absolute atomic E-state index is 0.0285. The van der Waals surface area contributed by atoms with E-state index in [2.05, 4.69) is 140 Å². The van der Waals surface area contributed by atoms with Gasteiger partial charge in [-0.25, -0.2) is 0 Å². The molecule has 0 heterocycles. The van der Waals surface area contributed by atoms with E-state index in [0.717, 1.165) is 83.8 Å². The molecular weight excluding hydrogens is 705 g/mol. The van der Waals surface area contributed by atoms with Crippen molar-refractivity contribution >= 4 is 24.3 Å². The Morgan fingerprint density at radius 1 is 0.456 bits per heavy atom. The first-order valence-corrected chi connectivity index (χ1v) is 20.8. The highest BCUT2D eigenvalue weighted by atomic mass is 16.5. The van der Waals surface area contributed by atoms with Crippen molar-refractivity contribution < 1.29 is 23.7 Å². The van der Waals surface area contributed by atoms with Crippen LogP contribution in [0.1, 0.15) is 137 Å². The predicted octanol–water partition coefficient (Wildman–Crippen LogP) is 12.6. The zero-order chi connectivity index (χ0) is 41.2. The second-order valence-electron chi connectivity index (χ2n) is 18.7. The van der Waals surface area contributed by atoms with Crippen LogP contribution >= 0.6 is 0 Å². The van der Waals surface area contributed by atoms with Crippen molar-refractivity contribution in [1.82, 2.24) is 0 Å². The van der Waals surface area contributed by atoms with E-state index in [0.29, 0.717) is 13.2 Å². The molecule has 0 aromatic heterocycles. The van der Waals surface area contributed by atoms with Gasteiger partial charge >= 0.3 is 0 Å². The topological polar surface area (TPSA) is 46.2 Å². The van der Waals surface area contributed by atoms with E-state index in [1.807, 2.05) is 0 Å². The lowest BCUT2D eigenvalue weighted by Gasteiger charge is -2.43. The van der Waals surface area contributed by atoms with Gasteiger partial charge in [0.05, 0.1) is 52.8 Å². The van der Waals surface area contributed by atoms with Gasteiger partial charge in [-0.1, -0.05) is 116 Å². The summed E-state index contributed by atoms with van der Waals surface area (Å²) in [5.41, 5.74) is 12.2. The van der Waals surface area contributed by atoms with Gasteiger partial charge in [0.1, 0.15) is 23.0 Å². The maximum Gasteiger partial charge on any atom is 0.133 e. The van der Waals surface area contributed by atoms with E-state index < -0.39 is 0 Å². The van der Waals surface area contributed by atoms with Crippen LogP contribution in [0, 0.1) is 0 Å². The third-order valence-corrected chi connectivity index (χ3v) is 12.9. The summed E-state index contributed by atoms with van der Waals surface area (Å²) in [6.45, 7) is 20.0. The molecule has 4 aromatic carbocycles. The summed E-state index contributed by atoms with van der Waals surface area (Å²) in [7, 11) is 7.06. The van der Waals surface area contributed by atoms with Crippen LogP contribution in [-0.2, 0) is 39.2 Å². The van der Waals surface area contributed by atoms with Gasteiger partial charge in [0.2, 0.25) is 0 Å². The number of fused-ring (bicyclic) bond motifs is 2. The van der Waals surface area contributed by atoms with Gasteiger partial charge in [-0.2, -0.15) is 0 Å². The second-order valence-corrected chi connectivity index (χ2v) is 18.7. The fourth-order valence-electron chi connectivity index (χ4n) is 8.99. The molecule has 0 unspecified atom stereocenters. The van der Waals surface area contributed by atoms with Crippen LogP contribution in [0.2, 0.25) is 0 Å². The molecule has 4 aromatic rings. The van der Waals surface area contributed by atoms with Crippen LogP contribution < -0.4 is 18.9 Å². The molecule has 5 heteroatoms. The van der Waals surface area contributed by atoms with E-state index in [-0.39, 0.29) is 21.7 Å². The highest BCUT2D eigenvalue weighted by Gasteiger charge is 2.42. The molecule has 304 valence electrons. The Hall–Kier alpha value is -4.48. The Kier molecular flexibility index (Phi) is 12.4. The third kappa shape index (κ3) is 8.84. The summed E-state index contributed by atoms with van der Waals surface area (Å²) in [6, 6.07) is 21.9. The minimum Gasteiger partial charge on any atom is -0.496 e. The third-order valence-electron chi connectivity index (χ3n) is 12.9. The van der Waals surface area contributed by atoms with Gasteiger partial charge in [-0.3, -0.25) is 0 Å². The molecule has 0 radical (unpaired) electrons. The average molecular weight is 771 g/mol. The van der Waals surface area contributed by atoms with Gasteiger partial charge in [0.25, 0.3) is 0 Å². The van der Waals surface area contributed by atoms with Crippen LogP contribution in [0.4, 0.5) is 0 Å². The lowest BCUT2D eigenvalue weighted by molar-refractivity contribution is 0.140. The summed E-state index contributed by atoms with van der Waals surface area (Å²) in [5, 5.41) is 0. The van der Waals surface area contributed by atoms with E-state index in [1.54, 1.807) is 28.4 Å². The number of hydrogen-bond donors (Lipinski definition) is 0. The van der Waals surface area contributed by atoms with E-state index in [9.17, 15) is 0 Å². The van der Waals surface area contributed by atoms with Crippen molar-refractivity contribution in [3.8, 4) is 23.0 Å².